The van der Waals surface area contributed by atoms with E-state index in [1.54, 1.807) is 0 Å². The second-order valence-corrected chi connectivity index (χ2v) is 6.04. The molecule has 2 atom stereocenters. The largest absolute Gasteiger partial charge is 0.161 e. The van der Waals surface area contributed by atoms with Crippen LogP contribution in [-0.2, 0) is 0 Å². The van der Waals surface area contributed by atoms with E-state index >= 15 is 0 Å². The Morgan fingerprint density at radius 2 is 1.88 bits per heavy atom. The molecule has 1 aromatic rings. The van der Waals surface area contributed by atoms with Crippen molar-refractivity contribution in [2.75, 3.05) is 16.8 Å². The average molecular weight is 301 g/mol. The average Bonchev–Trinajstić information content (AvgIpc) is 2.35. The van der Waals surface area contributed by atoms with Crippen LogP contribution in [0.25, 0.3) is 0 Å². The maximum Gasteiger partial charge on any atom is 0.0108 e. The molecule has 1 aromatic carbocycles. The van der Waals surface area contributed by atoms with Crippen molar-refractivity contribution in [3.63, 3.8) is 0 Å². The van der Waals surface area contributed by atoms with Crippen LogP contribution in [0.3, 0.4) is 0 Å². The molecule has 90 valence electrons. The molecule has 0 N–H and O–H groups in total. The molecule has 0 aromatic heterocycles. The van der Waals surface area contributed by atoms with Crippen LogP contribution in [0.15, 0.2) is 30.3 Å². The lowest BCUT2D eigenvalue weighted by atomic mass is 10.0. The van der Waals surface area contributed by atoms with Crippen molar-refractivity contribution in [1.82, 2.24) is 0 Å². The summed E-state index contributed by atoms with van der Waals surface area (Å²) in [4.78, 5) is 0. The summed E-state index contributed by atoms with van der Waals surface area (Å²) < 4.78 is 0. The van der Waals surface area contributed by atoms with Crippen LogP contribution < -0.4 is 0 Å². The Balaban J connectivity index is 2.38. The highest BCUT2D eigenvalue weighted by atomic mass is 79.9. The van der Waals surface area contributed by atoms with Gasteiger partial charge in [-0.25, -0.2) is 0 Å². The molecule has 0 nitrogen and oxygen atoms in total. The van der Waals surface area contributed by atoms with Crippen LogP contribution in [0.4, 0.5) is 0 Å². The Kier molecular flexibility index (Phi) is 7.22. The zero-order chi connectivity index (χ0) is 11.8. The second kappa shape index (κ2) is 8.19. The molecular formula is C14H21BrS. The van der Waals surface area contributed by atoms with E-state index in [-0.39, 0.29) is 0 Å². The fraction of sp³-hybridized carbons (Fsp3) is 0.571. The SMILES string of the molecule is CCC(C)CSCC(CBr)c1ccccc1. The van der Waals surface area contributed by atoms with Crippen LogP contribution >= 0.6 is 27.7 Å². The molecule has 2 heteroatoms. The first-order valence-corrected chi connectivity index (χ1v) is 8.24. The van der Waals surface area contributed by atoms with E-state index in [0.29, 0.717) is 5.92 Å². The predicted molar refractivity (Wildman–Crippen MR) is 79.8 cm³/mol. The van der Waals surface area contributed by atoms with Crippen molar-refractivity contribution in [2.45, 2.75) is 26.2 Å². The number of benzene rings is 1. The van der Waals surface area contributed by atoms with Crippen molar-refractivity contribution in [3.05, 3.63) is 35.9 Å². The zero-order valence-corrected chi connectivity index (χ0v) is 12.6. The molecule has 0 aliphatic heterocycles. The molecule has 0 aliphatic rings. The van der Waals surface area contributed by atoms with Crippen molar-refractivity contribution in [3.8, 4) is 0 Å². The number of hydrogen-bond acceptors (Lipinski definition) is 1. The fourth-order valence-corrected chi connectivity index (χ4v) is 3.76. The first-order valence-electron chi connectivity index (χ1n) is 5.96. The molecule has 0 heterocycles. The minimum atomic E-state index is 0.648. The third-order valence-corrected chi connectivity index (χ3v) is 5.10. The van der Waals surface area contributed by atoms with Crippen LogP contribution in [0.1, 0.15) is 31.7 Å². The summed E-state index contributed by atoms with van der Waals surface area (Å²) in [5.74, 6) is 4.00. The molecule has 0 fully saturated rings. The molecule has 2 unspecified atom stereocenters. The summed E-state index contributed by atoms with van der Waals surface area (Å²) in [5, 5.41) is 1.06. The number of thioether (sulfide) groups is 1. The molecule has 0 aliphatic carbocycles. The van der Waals surface area contributed by atoms with Gasteiger partial charge in [-0.05, 0) is 17.2 Å². The van der Waals surface area contributed by atoms with E-state index in [1.807, 2.05) is 0 Å². The fourth-order valence-electron chi connectivity index (χ4n) is 1.48. The summed E-state index contributed by atoms with van der Waals surface area (Å²) in [7, 11) is 0. The molecule has 0 saturated carbocycles. The van der Waals surface area contributed by atoms with Gasteiger partial charge >= 0.3 is 0 Å². The topological polar surface area (TPSA) is 0 Å². The molecule has 0 saturated heterocycles. The number of hydrogen-bond donors (Lipinski definition) is 0. The molecule has 16 heavy (non-hydrogen) atoms. The summed E-state index contributed by atoms with van der Waals surface area (Å²) in [5.41, 5.74) is 1.45. The van der Waals surface area contributed by atoms with Gasteiger partial charge in [0.2, 0.25) is 0 Å². The van der Waals surface area contributed by atoms with E-state index in [2.05, 4.69) is 71.9 Å². The molecule has 0 spiro atoms. The van der Waals surface area contributed by atoms with Gasteiger partial charge in [-0.3, -0.25) is 0 Å². The normalized spacial score (nSPS) is 14.7. The van der Waals surface area contributed by atoms with E-state index in [4.69, 9.17) is 0 Å². The standard InChI is InChI=1S/C14H21BrS/c1-3-12(2)10-16-11-14(9-15)13-7-5-4-6-8-13/h4-8,12,14H,3,9-11H2,1-2H3. The maximum absolute atomic E-state index is 3.62. The predicted octanol–water partition coefficient (Wildman–Crippen LogP) is 4.94. The summed E-state index contributed by atoms with van der Waals surface area (Å²) in [6, 6.07) is 10.8. The van der Waals surface area contributed by atoms with Gasteiger partial charge in [0.1, 0.15) is 0 Å². The van der Waals surface area contributed by atoms with E-state index in [9.17, 15) is 0 Å². The Labute approximate surface area is 112 Å². The van der Waals surface area contributed by atoms with E-state index in [1.165, 1.54) is 23.5 Å². The second-order valence-electron chi connectivity index (χ2n) is 4.31. The zero-order valence-electron chi connectivity index (χ0n) is 10.2. The highest BCUT2D eigenvalue weighted by Crippen LogP contribution is 2.24. The first-order chi connectivity index (χ1) is 7.77. The van der Waals surface area contributed by atoms with Crippen LogP contribution in [0.2, 0.25) is 0 Å². The van der Waals surface area contributed by atoms with Crippen molar-refractivity contribution < 1.29 is 0 Å². The van der Waals surface area contributed by atoms with E-state index < -0.39 is 0 Å². The molecule has 0 radical (unpaired) electrons. The highest BCUT2D eigenvalue weighted by molar-refractivity contribution is 9.09. The minimum Gasteiger partial charge on any atom is -0.161 e. The van der Waals surface area contributed by atoms with Gasteiger partial charge < -0.3 is 0 Å². The summed E-state index contributed by atoms with van der Waals surface area (Å²) in [6.45, 7) is 4.60. The third kappa shape index (κ3) is 4.92. The molecule has 0 bridgehead atoms. The van der Waals surface area contributed by atoms with E-state index in [0.717, 1.165) is 11.2 Å². The van der Waals surface area contributed by atoms with Crippen LogP contribution in [-0.4, -0.2) is 16.8 Å². The van der Waals surface area contributed by atoms with Crippen molar-refractivity contribution >= 4 is 27.7 Å². The highest BCUT2D eigenvalue weighted by Gasteiger charge is 2.10. The number of alkyl halides is 1. The van der Waals surface area contributed by atoms with Crippen LogP contribution in [0.5, 0.6) is 0 Å². The Hall–Kier alpha value is 0.0500. The lowest BCUT2D eigenvalue weighted by molar-refractivity contribution is 0.636. The Bertz CT molecular complexity index is 273. The van der Waals surface area contributed by atoms with Gasteiger partial charge in [0.15, 0.2) is 0 Å². The smallest absolute Gasteiger partial charge is 0.0108 e. The number of halogens is 1. The number of rotatable bonds is 7. The summed E-state index contributed by atoms with van der Waals surface area (Å²) in [6.07, 6.45) is 1.29. The van der Waals surface area contributed by atoms with Gasteiger partial charge in [-0.1, -0.05) is 66.5 Å². The quantitative estimate of drug-likeness (QED) is 0.642. The third-order valence-electron chi connectivity index (χ3n) is 2.88. The van der Waals surface area contributed by atoms with Gasteiger partial charge in [-0.2, -0.15) is 11.8 Å². The lowest BCUT2D eigenvalue weighted by Gasteiger charge is -2.15. The van der Waals surface area contributed by atoms with Crippen LogP contribution in [0, 0.1) is 5.92 Å². The Morgan fingerprint density at radius 1 is 1.19 bits per heavy atom. The molecular weight excluding hydrogens is 280 g/mol. The monoisotopic (exact) mass is 300 g/mol. The summed E-state index contributed by atoms with van der Waals surface area (Å²) >= 11 is 5.71. The minimum absolute atomic E-state index is 0.648. The molecule has 1 rings (SSSR count). The van der Waals surface area contributed by atoms with Crippen molar-refractivity contribution in [1.29, 1.82) is 0 Å². The van der Waals surface area contributed by atoms with Gasteiger partial charge in [0.05, 0.1) is 0 Å². The Morgan fingerprint density at radius 3 is 2.44 bits per heavy atom. The lowest BCUT2D eigenvalue weighted by Crippen LogP contribution is -2.05. The van der Waals surface area contributed by atoms with Gasteiger partial charge in [0, 0.05) is 17.0 Å². The van der Waals surface area contributed by atoms with Crippen molar-refractivity contribution in [2.24, 2.45) is 5.92 Å². The maximum atomic E-state index is 3.62. The first kappa shape index (κ1) is 14.1. The van der Waals surface area contributed by atoms with Gasteiger partial charge in [-0.15, -0.1) is 0 Å². The molecule has 0 amide bonds. The van der Waals surface area contributed by atoms with Gasteiger partial charge in [0.25, 0.3) is 0 Å².